The van der Waals surface area contributed by atoms with Gasteiger partial charge in [0.15, 0.2) is 5.78 Å². The highest BCUT2D eigenvalue weighted by atomic mass is 31.2. The van der Waals surface area contributed by atoms with Crippen LogP contribution in [0.25, 0.3) is 0 Å². The lowest BCUT2D eigenvalue weighted by Crippen LogP contribution is -2.28. The number of Topliss-reactive ketones (excluding diaryl/α,β-unsaturated/α-hetero) is 1. The molecular weight excluding hydrogens is 383 g/mol. The lowest BCUT2D eigenvalue weighted by atomic mass is 10.1. The quantitative estimate of drug-likeness (QED) is 0.315. The Morgan fingerprint density at radius 1 is 0.633 bits per heavy atom. The van der Waals surface area contributed by atoms with Crippen molar-refractivity contribution < 1.29 is 4.79 Å². The first-order chi connectivity index (χ1) is 14.7. The Balaban J connectivity index is 2.01. The molecule has 0 saturated heterocycles. The molecular formula is C28H25OP. The van der Waals surface area contributed by atoms with Crippen molar-refractivity contribution in [2.24, 2.45) is 0 Å². The predicted octanol–water partition coefficient (Wildman–Crippen LogP) is 5.23. The third kappa shape index (κ3) is 3.95. The second kappa shape index (κ2) is 9.11. The number of ketones is 1. The van der Waals surface area contributed by atoms with Gasteiger partial charge < -0.3 is 0 Å². The van der Waals surface area contributed by atoms with Gasteiger partial charge in [0, 0.05) is 5.56 Å². The van der Waals surface area contributed by atoms with E-state index in [9.17, 15) is 4.79 Å². The molecule has 0 aliphatic heterocycles. The van der Waals surface area contributed by atoms with Gasteiger partial charge in [-0.2, -0.15) is 0 Å². The minimum Gasteiger partial charge on any atom is -0.289 e. The summed E-state index contributed by atoms with van der Waals surface area (Å²) in [5, 5.41) is 3.54. The fourth-order valence-corrected chi connectivity index (χ4v) is 7.59. The Hall–Kier alpha value is -3.15. The number of hydrogen-bond acceptors (Lipinski definition) is 1. The molecule has 0 amide bonds. The first-order valence-electron chi connectivity index (χ1n) is 10.3. The van der Waals surface area contributed by atoms with Crippen LogP contribution in [0.1, 0.15) is 22.8 Å². The molecule has 4 aromatic rings. The highest BCUT2D eigenvalue weighted by Gasteiger charge is 2.26. The van der Waals surface area contributed by atoms with Gasteiger partial charge in [0.05, 0.1) is 0 Å². The van der Waals surface area contributed by atoms with E-state index < -0.39 is 6.89 Å². The maximum absolute atomic E-state index is 13.6. The lowest BCUT2D eigenvalue weighted by molar-refractivity contribution is 0.107. The zero-order valence-electron chi connectivity index (χ0n) is 17.1. The summed E-state index contributed by atoms with van der Waals surface area (Å²) in [5.74, 6) is 2.07. The molecule has 1 nitrogen and oxygen atoms in total. The van der Waals surface area contributed by atoms with Gasteiger partial charge in [-0.1, -0.05) is 122 Å². The van der Waals surface area contributed by atoms with Gasteiger partial charge in [0.1, 0.15) is 0 Å². The van der Waals surface area contributed by atoms with Crippen LogP contribution in [0, 0.1) is 0 Å². The maximum atomic E-state index is 13.6. The van der Waals surface area contributed by atoms with Gasteiger partial charge in [-0.25, -0.2) is 0 Å². The molecule has 0 aromatic heterocycles. The molecule has 0 aliphatic rings. The molecule has 0 fully saturated rings. The normalized spacial score (nSPS) is 11.1. The van der Waals surface area contributed by atoms with Crippen molar-refractivity contribution in [2.75, 3.05) is 0 Å². The summed E-state index contributed by atoms with van der Waals surface area (Å²) in [6.07, 6.45) is 0.965. The van der Waals surface area contributed by atoms with Gasteiger partial charge in [0.25, 0.3) is 0 Å². The predicted molar refractivity (Wildman–Crippen MR) is 131 cm³/mol. The Labute approximate surface area is 179 Å². The van der Waals surface area contributed by atoms with Crippen LogP contribution in [-0.2, 0) is 6.42 Å². The van der Waals surface area contributed by atoms with E-state index in [2.05, 4.69) is 91.9 Å². The van der Waals surface area contributed by atoms with Gasteiger partial charge >= 0.3 is 0 Å². The van der Waals surface area contributed by atoms with Crippen molar-refractivity contribution in [1.29, 1.82) is 0 Å². The van der Waals surface area contributed by atoms with Crippen LogP contribution >= 0.6 is 6.89 Å². The third-order valence-corrected chi connectivity index (χ3v) is 9.41. The van der Waals surface area contributed by atoms with E-state index in [1.807, 2.05) is 36.1 Å². The number of carbonyl (C=O) groups is 1. The molecule has 148 valence electrons. The zero-order valence-corrected chi connectivity index (χ0v) is 18.0. The van der Waals surface area contributed by atoms with Crippen molar-refractivity contribution in [1.82, 2.24) is 0 Å². The first-order valence-corrected chi connectivity index (χ1v) is 12.1. The fourth-order valence-electron chi connectivity index (χ4n) is 3.82. The molecule has 0 bridgehead atoms. The van der Waals surface area contributed by atoms with E-state index in [0.29, 0.717) is 0 Å². The highest BCUT2D eigenvalue weighted by Crippen LogP contribution is 2.43. The molecule has 0 radical (unpaired) electrons. The zero-order chi connectivity index (χ0) is 20.8. The number of aryl methyl sites for hydroxylation is 1. The average Bonchev–Trinajstić information content (AvgIpc) is 2.84. The van der Waals surface area contributed by atoms with Crippen LogP contribution in [0.3, 0.4) is 0 Å². The molecule has 2 heteroatoms. The smallest absolute Gasteiger partial charge is 0.186 e. The third-order valence-electron chi connectivity index (χ3n) is 5.45. The monoisotopic (exact) mass is 408 g/mol. The maximum Gasteiger partial charge on any atom is 0.186 e. The van der Waals surface area contributed by atoms with E-state index in [1.165, 1.54) is 21.5 Å². The Bertz CT molecular complexity index is 1060. The van der Waals surface area contributed by atoms with Gasteiger partial charge in [0.2, 0.25) is 0 Å². The van der Waals surface area contributed by atoms with E-state index in [1.54, 1.807) is 0 Å². The molecule has 0 atom stereocenters. The van der Waals surface area contributed by atoms with Gasteiger partial charge in [-0.05, 0) is 40.6 Å². The van der Waals surface area contributed by atoms with E-state index in [0.717, 1.165) is 12.0 Å². The van der Waals surface area contributed by atoms with Crippen LogP contribution in [-0.4, -0.2) is 11.6 Å². The molecule has 4 rings (SSSR count). The van der Waals surface area contributed by atoms with Crippen LogP contribution in [0.15, 0.2) is 115 Å². The number of carbonyl (C=O) groups excluding carboxylic acids is 1. The summed E-state index contributed by atoms with van der Waals surface area (Å²) >= 11 is 0. The van der Waals surface area contributed by atoms with Crippen molar-refractivity contribution in [3.05, 3.63) is 126 Å². The van der Waals surface area contributed by atoms with E-state index in [4.69, 9.17) is 0 Å². The molecule has 0 spiro atoms. The summed E-state index contributed by atoms with van der Waals surface area (Å²) in [7, 11) is 0. The fraction of sp³-hybridized carbons (Fsp3) is 0.0714. The lowest BCUT2D eigenvalue weighted by Gasteiger charge is -2.28. The molecule has 30 heavy (non-hydrogen) atoms. The van der Waals surface area contributed by atoms with Crippen LogP contribution in [0.2, 0.25) is 0 Å². The minimum atomic E-state index is -2.27. The largest absolute Gasteiger partial charge is 0.289 e. The summed E-state index contributed by atoms with van der Waals surface area (Å²) in [6, 6.07) is 39.3. The summed E-state index contributed by atoms with van der Waals surface area (Å²) < 4.78 is 0. The topological polar surface area (TPSA) is 17.1 Å². The van der Waals surface area contributed by atoms with Gasteiger partial charge in [-0.15, -0.1) is 0 Å². The van der Waals surface area contributed by atoms with Gasteiger partial charge in [-0.3, -0.25) is 4.79 Å². The number of benzene rings is 4. The molecule has 0 aliphatic carbocycles. The second-order valence-corrected chi connectivity index (χ2v) is 10.5. The van der Waals surface area contributed by atoms with Crippen molar-refractivity contribution in [2.45, 2.75) is 13.3 Å². The SMILES string of the molecule is CCc1ccc(C(=O)C=P(c2ccccc2)(c2ccccc2)c2ccccc2)cc1. The number of rotatable bonds is 6. The molecule has 4 aromatic carbocycles. The molecule has 0 unspecified atom stereocenters. The molecule has 0 N–H and O–H groups in total. The summed E-state index contributed by atoms with van der Waals surface area (Å²) in [6.45, 7) is -0.143. The van der Waals surface area contributed by atoms with E-state index in [-0.39, 0.29) is 5.78 Å². The van der Waals surface area contributed by atoms with Crippen LogP contribution in [0.5, 0.6) is 0 Å². The standard InChI is InChI=1S/C28H25OP/c1-2-23-18-20-24(21-19-23)28(29)22-30(25-12-6-3-7-13-25,26-14-8-4-9-15-26)27-16-10-5-11-17-27/h3-22H,2H2,1H3. The Kier molecular flexibility index (Phi) is 6.12. The van der Waals surface area contributed by atoms with E-state index >= 15 is 0 Å². The average molecular weight is 408 g/mol. The van der Waals surface area contributed by atoms with Crippen molar-refractivity contribution in [3.8, 4) is 0 Å². The van der Waals surface area contributed by atoms with Crippen LogP contribution in [0.4, 0.5) is 0 Å². The minimum absolute atomic E-state index is 0.0718. The van der Waals surface area contributed by atoms with Crippen LogP contribution < -0.4 is 15.9 Å². The van der Waals surface area contributed by atoms with Crippen molar-refractivity contribution >= 4 is 34.4 Å². The Morgan fingerprint density at radius 3 is 1.40 bits per heavy atom. The summed E-state index contributed by atoms with van der Waals surface area (Å²) in [5.41, 5.74) is 1.97. The number of hydrogen-bond donors (Lipinski definition) is 0. The second-order valence-electron chi connectivity index (χ2n) is 7.27. The van der Waals surface area contributed by atoms with Crippen molar-refractivity contribution in [3.63, 3.8) is 0 Å². The summed E-state index contributed by atoms with van der Waals surface area (Å²) in [4.78, 5) is 13.6. The Morgan fingerprint density at radius 2 is 1.03 bits per heavy atom. The molecule has 0 heterocycles. The first kappa shape index (κ1) is 20.1. The highest BCUT2D eigenvalue weighted by molar-refractivity contribution is 7.95. The molecule has 0 saturated carbocycles.